The lowest BCUT2D eigenvalue weighted by Gasteiger charge is -2.27. The molecule has 0 aliphatic carbocycles. The number of nitrogens with zero attached hydrogens (tertiary/aromatic N) is 1. The first-order chi connectivity index (χ1) is 9.12. The van der Waals surface area contributed by atoms with E-state index in [-0.39, 0.29) is 5.91 Å². The van der Waals surface area contributed by atoms with Gasteiger partial charge >= 0.3 is 0 Å². The normalized spacial score (nSPS) is 11.1. The molecule has 0 aliphatic rings. The number of hydrogen-bond acceptors (Lipinski definition) is 3. The van der Waals surface area contributed by atoms with Crippen molar-refractivity contribution in [2.75, 3.05) is 7.05 Å². The largest absolute Gasteiger partial charge is 0.299 e. The lowest BCUT2D eigenvalue weighted by Crippen LogP contribution is -2.33. The van der Waals surface area contributed by atoms with E-state index in [0.717, 1.165) is 24.9 Å². The van der Waals surface area contributed by atoms with Crippen LogP contribution in [0.4, 0.5) is 0 Å². The molecule has 0 aromatic heterocycles. The average Bonchev–Trinajstić information content (AvgIpc) is 2.42. The predicted molar refractivity (Wildman–Crippen MR) is 78.3 cm³/mol. The maximum absolute atomic E-state index is 11.4. The number of carbonyl (C=O) groups excluding carboxylic acids is 1. The Hall–Kier alpha value is -1.39. The molecule has 0 fully saturated rings. The first-order valence-electron chi connectivity index (χ1n) is 6.88. The van der Waals surface area contributed by atoms with Crippen LogP contribution in [0.25, 0.3) is 0 Å². The van der Waals surface area contributed by atoms with Crippen molar-refractivity contribution < 1.29 is 4.79 Å². The third-order valence-electron chi connectivity index (χ3n) is 3.62. The number of amides is 1. The zero-order chi connectivity index (χ0) is 14.3. The summed E-state index contributed by atoms with van der Waals surface area (Å²) in [5.41, 5.74) is 4.43. The molecule has 0 saturated carbocycles. The van der Waals surface area contributed by atoms with Gasteiger partial charge in [-0.05, 0) is 31.0 Å². The Morgan fingerprint density at radius 2 is 1.84 bits per heavy atom. The minimum Gasteiger partial charge on any atom is -0.299 e. The first-order valence-corrected chi connectivity index (χ1v) is 6.88. The van der Waals surface area contributed by atoms with E-state index in [1.54, 1.807) is 0 Å². The maximum Gasteiger partial charge on any atom is 0.238 e. The van der Waals surface area contributed by atoms with Crippen LogP contribution in [-0.2, 0) is 17.8 Å². The Morgan fingerprint density at radius 3 is 2.37 bits per heavy atom. The number of rotatable bonds is 7. The van der Waals surface area contributed by atoms with Crippen LogP contribution in [0.2, 0.25) is 0 Å². The van der Waals surface area contributed by atoms with Gasteiger partial charge in [0.2, 0.25) is 5.91 Å². The van der Waals surface area contributed by atoms with Crippen molar-refractivity contribution in [2.24, 2.45) is 5.84 Å². The van der Waals surface area contributed by atoms with Crippen molar-refractivity contribution in [2.45, 2.75) is 45.7 Å². The molecule has 3 N–H and O–H groups in total. The molecule has 0 aliphatic heterocycles. The Kier molecular flexibility index (Phi) is 6.53. The topological polar surface area (TPSA) is 58.4 Å². The molecule has 1 aromatic rings. The summed E-state index contributed by atoms with van der Waals surface area (Å²) in [6.07, 6.45) is 2.61. The van der Waals surface area contributed by atoms with Crippen molar-refractivity contribution in [3.63, 3.8) is 0 Å². The average molecular weight is 263 g/mol. The molecule has 0 atom stereocenters. The third kappa shape index (κ3) is 4.65. The first kappa shape index (κ1) is 15.7. The van der Waals surface area contributed by atoms with Crippen molar-refractivity contribution in [3.05, 3.63) is 35.4 Å². The number of hydrogen-bond donors (Lipinski definition) is 2. The Bertz CT molecular complexity index is 402. The molecule has 0 radical (unpaired) electrons. The molecule has 1 aromatic carbocycles. The molecular formula is C15H25N3O. The molecular weight excluding hydrogens is 238 g/mol. The number of benzene rings is 1. The van der Waals surface area contributed by atoms with Gasteiger partial charge in [-0.2, -0.15) is 0 Å². The number of nitrogens with one attached hydrogen (secondary N) is 1. The Labute approximate surface area is 115 Å². The monoisotopic (exact) mass is 263 g/mol. The molecule has 0 saturated heterocycles. The summed E-state index contributed by atoms with van der Waals surface area (Å²) >= 11 is 0. The summed E-state index contributed by atoms with van der Waals surface area (Å²) < 4.78 is 0. The molecule has 0 heterocycles. The minimum absolute atomic E-state index is 0.155. The fourth-order valence-corrected chi connectivity index (χ4v) is 2.42. The van der Waals surface area contributed by atoms with E-state index in [1.807, 2.05) is 18.2 Å². The second-order valence-corrected chi connectivity index (χ2v) is 4.90. The second-order valence-electron chi connectivity index (χ2n) is 4.90. The number of hydrazine groups is 1. The second kappa shape index (κ2) is 7.92. The lowest BCUT2D eigenvalue weighted by atomic mass is 10.0. The van der Waals surface area contributed by atoms with E-state index in [0.29, 0.717) is 12.5 Å². The van der Waals surface area contributed by atoms with Gasteiger partial charge in [0.05, 0.1) is 6.42 Å². The summed E-state index contributed by atoms with van der Waals surface area (Å²) in [7, 11) is 2.14. The summed E-state index contributed by atoms with van der Waals surface area (Å²) in [6.45, 7) is 5.28. The van der Waals surface area contributed by atoms with Gasteiger partial charge in [-0.15, -0.1) is 0 Å². The van der Waals surface area contributed by atoms with Gasteiger partial charge in [-0.1, -0.05) is 38.1 Å². The highest BCUT2D eigenvalue weighted by molar-refractivity contribution is 5.78. The molecule has 0 spiro atoms. The van der Waals surface area contributed by atoms with Crippen LogP contribution in [0.15, 0.2) is 24.3 Å². The van der Waals surface area contributed by atoms with Gasteiger partial charge in [-0.3, -0.25) is 15.1 Å². The van der Waals surface area contributed by atoms with Crippen molar-refractivity contribution >= 4 is 5.91 Å². The molecule has 1 rings (SSSR count). The SMILES string of the molecule is CCC(CC)N(C)Cc1ccccc1CC(=O)NN. The van der Waals surface area contributed by atoms with Crippen LogP contribution < -0.4 is 11.3 Å². The van der Waals surface area contributed by atoms with E-state index in [4.69, 9.17) is 5.84 Å². The summed E-state index contributed by atoms with van der Waals surface area (Å²) in [5, 5.41) is 0. The minimum atomic E-state index is -0.155. The molecule has 0 bridgehead atoms. The van der Waals surface area contributed by atoms with E-state index in [2.05, 4.69) is 37.3 Å². The lowest BCUT2D eigenvalue weighted by molar-refractivity contribution is -0.120. The Morgan fingerprint density at radius 1 is 1.26 bits per heavy atom. The molecule has 0 unspecified atom stereocenters. The maximum atomic E-state index is 11.4. The van der Waals surface area contributed by atoms with E-state index < -0.39 is 0 Å². The van der Waals surface area contributed by atoms with Gasteiger partial charge in [0.15, 0.2) is 0 Å². The van der Waals surface area contributed by atoms with Crippen molar-refractivity contribution in [1.29, 1.82) is 0 Å². The van der Waals surface area contributed by atoms with E-state index >= 15 is 0 Å². The van der Waals surface area contributed by atoms with Crippen LogP contribution in [-0.4, -0.2) is 23.9 Å². The molecule has 4 heteroatoms. The van der Waals surface area contributed by atoms with Crippen LogP contribution in [0.3, 0.4) is 0 Å². The number of carbonyl (C=O) groups is 1. The van der Waals surface area contributed by atoms with Gasteiger partial charge in [0.1, 0.15) is 0 Å². The van der Waals surface area contributed by atoms with Crippen LogP contribution in [0.1, 0.15) is 37.8 Å². The van der Waals surface area contributed by atoms with Gasteiger partial charge < -0.3 is 0 Å². The van der Waals surface area contributed by atoms with Gasteiger partial charge in [0, 0.05) is 12.6 Å². The quantitative estimate of drug-likeness (QED) is 0.448. The standard InChI is InChI=1S/C15H25N3O/c1-4-14(5-2)18(3)11-13-9-7-6-8-12(13)10-15(19)17-16/h6-9,14H,4-5,10-11,16H2,1-3H3,(H,17,19). The molecule has 4 nitrogen and oxygen atoms in total. The molecule has 106 valence electrons. The predicted octanol–water partition coefficient (Wildman–Crippen LogP) is 1.84. The highest BCUT2D eigenvalue weighted by Crippen LogP contribution is 2.15. The van der Waals surface area contributed by atoms with E-state index in [9.17, 15) is 4.79 Å². The highest BCUT2D eigenvalue weighted by Gasteiger charge is 2.13. The van der Waals surface area contributed by atoms with Crippen LogP contribution in [0.5, 0.6) is 0 Å². The zero-order valence-corrected chi connectivity index (χ0v) is 12.1. The van der Waals surface area contributed by atoms with Crippen LogP contribution >= 0.6 is 0 Å². The summed E-state index contributed by atoms with van der Waals surface area (Å²) in [6, 6.07) is 8.62. The third-order valence-corrected chi connectivity index (χ3v) is 3.62. The van der Waals surface area contributed by atoms with Crippen molar-refractivity contribution in [3.8, 4) is 0 Å². The van der Waals surface area contributed by atoms with Gasteiger partial charge in [-0.25, -0.2) is 5.84 Å². The van der Waals surface area contributed by atoms with Crippen LogP contribution in [0, 0.1) is 0 Å². The summed E-state index contributed by atoms with van der Waals surface area (Å²) in [5.74, 6) is 5.00. The Balaban J connectivity index is 2.80. The summed E-state index contributed by atoms with van der Waals surface area (Å²) in [4.78, 5) is 13.8. The highest BCUT2D eigenvalue weighted by atomic mass is 16.2. The number of nitrogens with two attached hydrogens (primary N) is 1. The molecule has 19 heavy (non-hydrogen) atoms. The molecule has 1 amide bonds. The van der Waals surface area contributed by atoms with E-state index in [1.165, 1.54) is 5.56 Å². The van der Waals surface area contributed by atoms with Crippen molar-refractivity contribution in [1.82, 2.24) is 10.3 Å². The fraction of sp³-hybridized carbons (Fsp3) is 0.533. The van der Waals surface area contributed by atoms with Gasteiger partial charge in [0.25, 0.3) is 0 Å². The fourth-order valence-electron chi connectivity index (χ4n) is 2.42. The smallest absolute Gasteiger partial charge is 0.238 e. The zero-order valence-electron chi connectivity index (χ0n) is 12.1.